The number of nitrogens with zero attached hydrogens (tertiary/aromatic N) is 2. The Labute approximate surface area is 222 Å². The van der Waals surface area contributed by atoms with Crippen molar-refractivity contribution in [1.82, 2.24) is 0 Å². The average Bonchev–Trinajstić information content (AvgIpc) is 2.77. The minimum atomic E-state index is -4.54. The molecule has 0 aliphatic heterocycles. The van der Waals surface area contributed by atoms with Gasteiger partial charge in [0.2, 0.25) is 0 Å². The van der Waals surface area contributed by atoms with Crippen molar-refractivity contribution < 1.29 is 18.3 Å². The number of hydrogen-bond acceptors (Lipinski definition) is 3. The van der Waals surface area contributed by atoms with Gasteiger partial charge in [-0.2, -0.15) is 13.2 Å². The van der Waals surface area contributed by atoms with Gasteiger partial charge < -0.3 is 5.11 Å². The second-order valence-electron chi connectivity index (χ2n) is 11.9. The molecule has 0 radical (unpaired) electrons. The molecule has 7 heteroatoms. The molecule has 0 saturated heterocycles. The number of aromatic hydroxyl groups is 1. The highest BCUT2D eigenvalue weighted by atomic mass is 35.5. The fourth-order valence-electron chi connectivity index (χ4n) is 4.87. The predicted molar refractivity (Wildman–Crippen MR) is 144 cm³/mol. The standard InChI is InChI=1S/C30H34ClF3N2O/c1-27(2,3)18-28(4,5)21-15-22(29(6,7)19-11-9-8-10-12-19)26(37)25(17-21)36-35-24-16-20(30(32,33)34)13-14-23(24)31/h8-17,37H,18H2,1-7H3/b36-35+. The number of azo groups is 1. The average molecular weight is 531 g/mol. The Hall–Kier alpha value is -2.86. The zero-order valence-electron chi connectivity index (χ0n) is 22.3. The van der Waals surface area contributed by atoms with E-state index in [2.05, 4.69) is 44.8 Å². The Morgan fingerprint density at radius 1 is 0.730 bits per heavy atom. The number of phenols is 1. The molecule has 0 unspecified atom stereocenters. The van der Waals surface area contributed by atoms with Crippen molar-refractivity contribution in [2.24, 2.45) is 15.6 Å². The van der Waals surface area contributed by atoms with Gasteiger partial charge in [0, 0.05) is 11.0 Å². The topological polar surface area (TPSA) is 45.0 Å². The summed E-state index contributed by atoms with van der Waals surface area (Å²) in [5.41, 5.74) is 0.935. The second-order valence-corrected chi connectivity index (χ2v) is 12.3. The van der Waals surface area contributed by atoms with Crippen molar-refractivity contribution >= 4 is 23.0 Å². The van der Waals surface area contributed by atoms with Crippen molar-refractivity contribution in [2.75, 3.05) is 0 Å². The molecular formula is C30H34ClF3N2O. The van der Waals surface area contributed by atoms with Crippen LogP contribution >= 0.6 is 11.6 Å². The maximum atomic E-state index is 13.2. The lowest BCUT2D eigenvalue weighted by molar-refractivity contribution is -0.137. The van der Waals surface area contributed by atoms with Gasteiger partial charge in [-0.3, -0.25) is 0 Å². The molecule has 0 spiro atoms. The van der Waals surface area contributed by atoms with Gasteiger partial charge >= 0.3 is 6.18 Å². The van der Waals surface area contributed by atoms with Crippen LogP contribution < -0.4 is 0 Å². The number of halogens is 4. The van der Waals surface area contributed by atoms with Crippen LogP contribution in [0.5, 0.6) is 5.75 Å². The highest BCUT2D eigenvalue weighted by molar-refractivity contribution is 6.33. The molecule has 0 saturated carbocycles. The van der Waals surface area contributed by atoms with Crippen LogP contribution in [0.2, 0.25) is 5.02 Å². The highest BCUT2D eigenvalue weighted by Crippen LogP contribution is 2.47. The van der Waals surface area contributed by atoms with E-state index in [1.54, 1.807) is 6.07 Å². The Balaban J connectivity index is 2.21. The summed E-state index contributed by atoms with van der Waals surface area (Å²) in [4.78, 5) is 0. The third kappa shape index (κ3) is 6.72. The SMILES string of the molecule is CC(C)(C)CC(C)(C)c1cc(/N=N/c2cc(C(F)(F)F)ccc2Cl)c(O)c(C(C)(C)c2ccccc2)c1. The monoisotopic (exact) mass is 530 g/mol. The van der Waals surface area contributed by atoms with Crippen LogP contribution in [-0.4, -0.2) is 5.11 Å². The largest absolute Gasteiger partial charge is 0.505 e. The third-order valence-corrected chi connectivity index (χ3v) is 6.87. The summed E-state index contributed by atoms with van der Waals surface area (Å²) in [7, 11) is 0. The van der Waals surface area contributed by atoms with Crippen molar-refractivity contribution in [1.29, 1.82) is 0 Å². The molecule has 0 aromatic heterocycles. The summed E-state index contributed by atoms with van der Waals surface area (Å²) >= 11 is 6.13. The van der Waals surface area contributed by atoms with Crippen LogP contribution in [0.1, 0.15) is 77.1 Å². The summed E-state index contributed by atoms with van der Waals surface area (Å²) in [5, 5.41) is 19.7. The molecule has 0 amide bonds. The van der Waals surface area contributed by atoms with Crippen LogP contribution in [-0.2, 0) is 17.0 Å². The Bertz CT molecular complexity index is 1290. The van der Waals surface area contributed by atoms with E-state index in [9.17, 15) is 18.3 Å². The van der Waals surface area contributed by atoms with E-state index in [0.717, 1.165) is 35.7 Å². The fraction of sp³-hybridized carbons (Fsp3) is 0.400. The molecule has 198 valence electrons. The molecule has 0 atom stereocenters. The van der Waals surface area contributed by atoms with Crippen molar-refractivity contribution in [3.05, 3.63) is 87.9 Å². The second kappa shape index (κ2) is 10.1. The van der Waals surface area contributed by atoms with Crippen molar-refractivity contribution in [3.8, 4) is 5.75 Å². The van der Waals surface area contributed by atoms with E-state index in [0.29, 0.717) is 5.56 Å². The summed E-state index contributed by atoms with van der Waals surface area (Å²) < 4.78 is 39.7. The summed E-state index contributed by atoms with van der Waals surface area (Å²) in [6.07, 6.45) is -3.69. The van der Waals surface area contributed by atoms with Gasteiger partial charge in [-0.05, 0) is 52.6 Å². The van der Waals surface area contributed by atoms with Gasteiger partial charge in [0.15, 0.2) is 0 Å². The lowest BCUT2D eigenvalue weighted by Gasteiger charge is -2.35. The lowest BCUT2D eigenvalue weighted by atomic mass is 9.70. The molecule has 3 rings (SSSR count). The first kappa shape index (κ1) is 28.7. The van der Waals surface area contributed by atoms with Crippen LogP contribution in [0.4, 0.5) is 24.5 Å². The highest BCUT2D eigenvalue weighted by Gasteiger charge is 2.34. The van der Waals surface area contributed by atoms with Gasteiger partial charge in [-0.15, -0.1) is 10.2 Å². The molecule has 0 aliphatic rings. The van der Waals surface area contributed by atoms with E-state index in [-0.39, 0.29) is 33.0 Å². The molecule has 1 N–H and O–H groups in total. The first-order valence-corrected chi connectivity index (χ1v) is 12.5. The Kier molecular flexibility index (Phi) is 7.86. The van der Waals surface area contributed by atoms with Crippen LogP contribution in [0.25, 0.3) is 0 Å². The molecule has 3 aromatic rings. The van der Waals surface area contributed by atoms with E-state index < -0.39 is 17.2 Å². The summed E-state index contributed by atoms with van der Waals surface area (Å²) in [6, 6.07) is 16.5. The molecule has 0 heterocycles. The summed E-state index contributed by atoms with van der Waals surface area (Å²) in [6.45, 7) is 14.8. The van der Waals surface area contributed by atoms with E-state index in [1.165, 1.54) is 0 Å². The van der Waals surface area contributed by atoms with E-state index in [4.69, 9.17) is 11.6 Å². The third-order valence-electron chi connectivity index (χ3n) is 6.55. The first-order chi connectivity index (χ1) is 16.9. The number of rotatable bonds is 6. The number of benzene rings is 3. The zero-order valence-corrected chi connectivity index (χ0v) is 23.1. The molecule has 37 heavy (non-hydrogen) atoms. The van der Waals surface area contributed by atoms with Gasteiger partial charge in [0.25, 0.3) is 0 Å². The molecule has 3 aromatic carbocycles. The normalized spacial score (nSPS) is 13.4. The minimum Gasteiger partial charge on any atom is -0.505 e. The van der Waals surface area contributed by atoms with Crippen molar-refractivity contribution in [2.45, 2.75) is 71.9 Å². The van der Waals surface area contributed by atoms with Crippen LogP contribution in [0, 0.1) is 5.41 Å². The number of phenolic OH excluding ortho intramolecular Hbond substituents is 1. The van der Waals surface area contributed by atoms with Crippen LogP contribution in [0.15, 0.2) is 70.9 Å². The van der Waals surface area contributed by atoms with E-state index >= 15 is 0 Å². The predicted octanol–water partition coefficient (Wildman–Crippen LogP) is 10.5. The Morgan fingerprint density at radius 2 is 1.30 bits per heavy atom. The maximum Gasteiger partial charge on any atom is 0.416 e. The zero-order chi connectivity index (χ0) is 27.8. The molecule has 0 fully saturated rings. The molecule has 3 nitrogen and oxygen atoms in total. The van der Waals surface area contributed by atoms with Gasteiger partial charge in [0.1, 0.15) is 17.1 Å². The first-order valence-electron chi connectivity index (χ1n) is 12.1. The van der Waals surface area contributed by atoms with Crippen molar-refractivity contribution in [3.63, 3.8) is 0 Å². The fourth-order valence-corrected chi connectivity index (χ4v) is 5.03. The molecule has 0 bridgehead atoms. The number of alkyl halides is 3. The lowest BCUT2D eigenvalue weighted by Crippen LogP contribution is -2.26. The number of hydrogen-bond donors (Lipinski definition) is 1. The smallest absolute Gasteiger partial charge is 0.416 e. The van der Waals surface area contributed by atoms with Crippen LogP contribution in [0.3, 0.4) is 0 Å². The molecule has 0 aliphatic carbocycles. The quantitative estimate of drug-likeness (QED) is 0.316. The summed E-state index contributed by atoms with van der Waals surface area (Å²) in [5.74, 6) is -0.0731. The maximum absolute atomic E-state index is 13.2. The van der Waals surface area contributed by atoms with Gasteiger partial charge in [0.05, 0.1) is 10.6 Å². The van der Waals surface area contributed by atoms with Gasteiger partial charge in [-0.25, -0.2) is 0 Å². The minimum absolute atomic E-state index is 0.0315. The molecular weight excluding hydrogens is 497 g/mol. The Morgan fingerprint density at radius 3 is 1.86 bits per heavy atom. The van der Waals surface area contributed by atoms with E-state index in [1.807, 2.05) is 50.2 Å². The van der Waals surface area contributed by atoms with Gasteiger partial charge in [-0.1, -0.05) is 96.5 Å².